The number of aliphatic hydroxyl groups excluding tert-OH is 1. The molecule has 0 bridgehead atoms. The number of piperidine rings is 1. The number of hydrogen-bond donors (Lipinski definition) is 3. The summed E-state index contributed by atoms with van der Waals surface area (Å²) in [7, 11) is 0. The van der Waals surface area contributed by atoms with Gasteiger partial charge < -0.3 is 29.9 Å². The van der Waals surface area contributed by atoms with E-state index in [1.807, 2.05) is 97.1 Å². The van der Waals surface area contributed by atoms with E-state index < -0.39 is 21.6 Å². The number of alkyl halides is 3. The van der Waals surface area contributed by atoms with Gasteiger partial charge in [-0.15, -0.1) is 0 Å². The topological polar surface area (TPSA) is 91.3 Å². The van der Waals surface area contributed by atoms with Gasteiger partial charge in [-0.2, -0.15) is 0 Å². The summed E-state index contributed by atoms with van der Waals surface area (Å²) in [5.74, 6) is -0.646. The number of benzene rings is 4. The first-order chi connectivity index (χ1) is 23.9. The lowest BCUT2D eigenvalue weighted by molar-refractivity contribution is -0.277. The van der Waals surface area contributed by atoms with Gasteiger partial charge in [-0.25, -0.2) is 0 Å². The highest BCUT2D eigenvalue weighted by Gasteiger charge is 2.41. The molecule has 0 unspecified atom stereocenters. The van der Waals surface area contributed by atoms with Crippen LogP contribution in [-0.2, 0) is 33.0 Å². The molecule has 2 aliphatic rings. The van der Waals surface area contributed by atoms with Crippen molar-refractivity contribution in [3.63, 3.8) is 0 Å². The summed E-state index contributed by atoms with van der Waals surface area (Å²) in [5.41, 5.74) is 5.60. The maximum Gasteiger partial charge on any atom is 0.272 e. The molecule has 1 amide bonds. The van der Waals surface area contributed by atoms with Crippen LogP contribution in [0.1, 0.15) is 60.0 Å². The molecule has 0 aromatic heterocycles. The molecule has 264 valence electrons. The van der Waals surface area contributed by atoms with Gasteiger partial charge in [0.25, 0.3) is 9.70 Å². The van der Waals surface area contributed by atoms with Crippen LogP contribution in [0.4, 0.5) is 0 Å². The summed E-state index contributed by atoms with van der Waals surface area (Å²) in [5, 5.41) is 24.4. The van der Waals surface area contributed by atoms with Crippen LogP contribution in [0.5, 0.6) is 0 Å². The maximum absolute atomic E-state index is 12.0. The second kappa shape index (κ2) is 15.9. The van der Waals surface area contributed by atoms with E-state index in [1.165, 1.54) is 0 Å². The Morgan fingerprint density at radius 3 is 2.18 bits per heavy atom. The first kappa shape index (κ1) is 37.1. The molecule has 50 heavy (non-hydrogen) atoms. The van der Waals surface area contributed by atoms with E-state index in [0.29, 0.717) is 24.4 Å². The quantitative estimate of drug-likeness (QED) is 0.149. The van der Waals surface area contributed by atoms with E-state index in [-0.39, 0.29) is 31.3 Å². The Hall–Kier alpha value is -2.69. The van der Waals surface area contributed by atoms with Crippen molar-refractivity contribution in [1.82, 2.24) is 10.2 Å². The van der Waals surface area contributed by atoms with Gasteiger partial charge in [0, 0.05) is 42.7 Å². The molecule has 0 saturated carbocycles. The van der Waals surface area contributed by atoms with E-state index in [4.69, 9.17) is 55.9 Å². The Balaban J connectivity index is 1.18. The zero-order valence-corrected chi connectivity index (χ0v) is 30.6. The van der Waals surface area contributed by atoms with E-state index in [1.54, 1.807) is 0 Å². The van der Waals surface area contributed by atoms with Gasteiger partial charge >= 0.3 is 0 Å². The predicted octanol–water partition coefficient (Wildman–Crippen LogP) is 8.26. The van der Waals surface area contributed by atoms with Gasteiger partial charge in [-0.3, -0.25) is 4.79 Å². The van der Waals surface area contributed by atoms with Crippen LogP contribution in [0.15, 0.2) is 97.1 Å². The minimum atomic E-state index is -2.02. The van der Waals surface area contributed by atoms with Gasteiger partial charge in [-0.1, -0.05) is 132 Å². The number of carbonyl (C=O) groups is 1. The molecule has 0 radical (unpaired) electrons. The summed E-state index contributed by atoms with van der Waals surface area (Å²) >= 11 is 23.2. The Morgan fingerprint density at radius 1 is 0.880 bits per heavy atom. The third-order valence-electron chi connectivity index (χ3n) is 9.78. The number of nitrogens with one attached hydrogen (secondary N) is 1. The molecule has 2 saturated heterocycles. The van der Waals surface area contributed by atoms with Crippen molar-refractivity contribution in [2.75, 3.05) is 19.6 Å². The van der Waals surface area contributed by atoms with Crippen LogP contribution in [0, 0.1) is 5.92 Å². The van der Waals surface area contributed by atoms with Crippen molar-refractivity contribution >= 4 is 52.3 Å². The first-order valence-corrected chi connectivity index (χ1v) is 18.2. The fourth-order valence-corrected chi connectivity index (χ4v) is 7.04. The first-order valence-electron chi connectivity index (χ1n) is 16.7. The predicted molar refractivity (Wildman–Crippen MR) is 198 cm³/mol. The number of nitrogens with zero attached hydrogens (tertiary/aromatic N) is 1. The van der Waals surface area contributed by atoms with Crippen molar-refractivity contribution in [3.05, 3.63) is 130 Å². The van der Waals surface area contributed by atoms with E-state index >= 15 is 0 Å². The highest BCUT2D eigenvalue weighted by molar-refractivity contribution is 6.76. The molecule has 0 aliphatic carbocycles. The van der Waals surface area contributed by atoms with Crippen LogP contribution < -0.4 is 5.32 Å². The fourth-order valence-electron chi connectivity index (χ4n) is 6.71. The number of ether oxygens (including phenoxy) is 2. The molecule has 4 aromatic rings. The number of aliphatic hydroxyl groups is 2. The van der Waals surface area contributed by atoms with Gasteiger partial charge in [0.2, 0.25) is 0 Å². The molecule has 3 N–H and O–H groups in total. The molecular formula is C39H40Cl4N2O5. The lowest BCUT2D eigenvalue weighted by atomic mass is 9.84. The minimum absolute atomic E-state index is 0.0219. The molecule has 11 heteroatoms. The van der Waals surface area contributed by atoms with E-state index in [9.17, 15) is 15.0 Å². The molecule has 0 spiro atoms. The molecule has 4 atom stereocenters. The van der Waals surface area contributed by atoms with Crippen LogP contribution in [-0.4, -0.2) is 50.6 Å². The largest absolute Gasteiger partial charge is 0.392 e. The van der Waals surface area contributed by atoms with Gasteiger partial charge in [0.1, 0.15) is 0 Å². The van der Waals surface area contributed by atoms with E-state index in [2.05, 4.69) is 17.1 Å². The number of likely N-dealkylation sites (tertiary alicyclic amines) is 1. The highest BCUT2D eigenvalue weighted by Crippen LogP contribution is 2.43. The molecule has 7 nitrogen and oxygen atoms in total. The van der Waals surface area contributed by atoms with Crippen LogP contribution in [0.2, 0.25) is 5.02 Å². The van der Waals surface area contributed by atoms with Crippen molar-refractivity contribution in [1.29, 1.82) is 0 Å². The maximum atomic E-state index is 12.0. The average Bonchev–Trinajstić information content (AvgIpc) is 3.12. The molecule has 2 aliphatic heterocycles. The lowest BCUT2D eigenvalue weighted by Crippen LogP contribution is -2.49. The molecule has 2 fully saturated rings. The van der Waals surface area contributed by atoms with Gasteiger partial charge in [0.05, 0.1) is 24.4 Å². The molecular weight excluding hydrogens is 718 g/mol. The van der Waals surface area contributed by atoms with E-state index in [0.717, 1.165) is 52.0 Å². The number of hydrogen-bond acceptors (Lipinski definition) is 6. The smallest absolute Gasteiger partial charge is 0.272 e. The van der Waals surface area contributed by atoms with Crippen molar-refractivity contribution < 1.29 is 24.5 Å². The Bertz CT molecular complexity index is 1740. The molecule has 2 heterocycles. The number of carbonyl (C=O) groups excluding carboxylic acids is 1. The van der Waals surface area contributed by atoms with Crippen LogP contribution >= 0.6 is 46.4 Å². The van der Waals surface area contributed by atoms with Crippen LogP contribution in [0.3, 0.4) is 0 Å². The summed E-state index contributed by atoms with van der Waals surface area (Å²) < 4.78 is 11.4. The second-order valence-corrected chi connectivity index (χ2v) is 15.9. The van der Waals surface area contributed by atoms with Crippen LogP contribution in [0.25, 0.3) is 11.1 Å². The number of amides is 1. The van der Waals surface area contributed by atoms with Crippen molar-refractivity contribution in [3.8, 4) is 11.1 Å². The standard InChI is InChI=1S/C39H40Cl4N2O5/c1-25-34(23-45-19-17-38(48,18-20-45)32-13-15-33(40)16-14-32)49-36(50-35(25)29-7-5-26(24-46)6-8-29)30-11-9-28(10-12-30)31-4-2-3-27(21-31)22-44-37(47)39(41,42)43/h2-16,21,25,34-36,46,48H,17-20,22-24H2,1H3,(H,44,47)/t25-,34+,35+,36+/m1/s1. The highest BCUT2D eigenvalue weighted by atomic mass is 35.6. The Kier molecular flexibility index (Phi) is 11.8. The zero-order chi connectivity index (χ0) is 35.5. The second-order valence-electron chi connectivity index (χ2n) is 13.2. The summed E-state index contributed by atoms with van der Waals surface area (Å²) in [6.07, 6.45) is 0.249. The monoisotopic (exact) mass is 756 g/mol. The van der Waals surface area contributed by atoms with Crippen molar-refractivity contribution in [2.45, 2.75) is 60.8 Å². The summed E-state index contributed by atoms with van der Waals surface area (Å²) in [6.45, 7) is 4.52. The third-order valence-corrected chi connectivity index (χ3v) is 10.5. The summed E-state index contributed by atoms with van der Waals surface area (Å²) in [6, 6.07) is 31.3. The normalized spacial score (nSPS) is 22.6. The zero-order valence-electron chi connectivity index (χ0n) is 27.6. The summed E-state index contributed by atoms with van der Waals surface area (Å²) in [4.78, 5) is 14.4. The average molecular weight is 759 g/mol. The Labute approximate surface area is 313 Å². The lowest BCUT2D eigenvalue weighted by Gasteiger charge is -2.45. The fraction of sp³-hybridized carbons (Fsp3) is 0.359. The van der Waals surface area contributed by atoms with Gasteiger partial charge in [0.15, 0.2) is 6.29 Å². The molecule has 4 aromatic carbocycles. The SMILES string of the molecule is C[C@@H]1[C@H](CN2CCC(O)(c3ccc(Cl)cc3)CC2)O[C@H](c2ccc(-c3cccc(CNC(=O)C(Cl)(Cl)Cl)c3)cc2)O[C@@H]1c1ccc(CO)cc1. The Morgan fingerprint density at radius 2 is 1.54 bits per heavy atom. The third kappa shape index (κ3) is 8.84. The molecule has 6 rings (SSSR count). The minimum Gasteiger partial charge on any atom is -0.392 e. The van der Waals surface area contributed by atoms with Gasteiger partial charge in [-0.05, 0) is 64.4 Å². The van der Waals surface area contributed by atoms with Crippen molar-refractivity contribution in [2.24, 2.45) is 5.92 Å². The number of halogens is 4. The number of rotatable bonds is 9.